The smallest absolute Gasteiger partial charge is 0.239 e. The Morgan fingerprint density at radius 1 is 1.62 bits per heavy atom. The molecular weight excluding hydrogens is 272 g/mol. The maximum absolute atomic E-state index is 11.3. The Morgan fingerprint density at radius 3 is 2.94 bits per heavy atom. The Labute approximate surface area is 103 Å². The van der Waals surface area contributed by atoms with Crippen molar-refractivity contribution in [2.45, 2.75) is 19.5 Å². The predicted molar refractivity (Wildman–Crippen MR) is 65.8 cm³/mol. The van der Waals surface area contributed by atoms with Crippen LogP contribution in [0.4, 0.5) is 0 Å². The van der Waals surface area contributed by atoms with Crippen molar-refractivity contribution in [1.29, 1.82) is 0 Å². The van der Waals surface area contributed by atoms with Gasteiger partial charge in [-0.1, -0.05) is 22.0 Å². The largest absolute Gasteiger partial charge is 0.394 e. The van der Waals surface area contributed by atoms with Crippen molar-refractivity contribution in [3.05, 3.63) is 33.8 Å². The van der Waals surface area contributed by atoms with Crippen molar-refractivity contribution >= 4 is 21.8 Å². The summed E-state index contributed by atoms with van der Waals surface area (Å²) >= 11 is 3.37. The van der Waals surface area contributed by atoms with Gasteiger partial charge in [-0.15, -0.1) is 0 Å². The summed E-state index contributed by atoms with van der Waals surface area (Å²) in [6.45, 7) is 2.04. The minimum Gasteiger partial charge on any atom is -0.394 e. The molecule has 0 aromatic heterocycles. The molecule has 1 unspecified atom stereocenters. The number of nitrogens with one attached hydrogen (secondary N) is 1. The van der Waals surface area contributed by atoms with Crippen molar-refractivity contribution in [3.63, 3.8) is 0 Å². The van der Waals surface area contributed by atoms with Crippen LogP contribution < -0.4 is 11.1 Å². The van der Waals surface area contributed by atoms with E-state index in [2.05, 4.69) is 21.2 Å². The molecule has 1 aromatic carbocycles. The van der Waals surface area contributed by atoms with Gasteiger partial charge in [0, 0.05) is 11.0 Å². The van der Waals surface area contributed by atoms with E-state index in [9.17, 15) is 4.79 Å². The quantitative estimate of drug-likeness (QED) is 0.763. The zero-order chi connectivity index (χ0) is 12.1. The molecule has 0 aliphatic carbocycles. The van der Waals surface area contributed by atoms with Crippen LogP contribution in [0.15, 0.2) is 22.7 Å². The highest BCUT2D eigenvalue weighted by Crippen LogP contribution is 2.15. The van der Waals surface area contributed by atoms with Crippen molar-refractivity contribution in [3.8, 4) is 0 Å². The molecule has 4 N–H and O–H groups in total. The van der Waals surface area contributed by atoms with Crippen LogP contribution in [0.1, 0.15) is 11.1 Å². The second-order valence-electron chi connectivity index (χ2n) is 3.58. The third kappa shape index (κ3) is 3.59. The number of benzene rings is 1. The number of halogens is 1. The molecule has 4 nitrogen and oxygen atoms in total. The molecule has 0 aliphatic rings. The van der Waals surface area contributed by atoms with E-state index in [1.165, 1.54) is 0 Å². The summed E-state index contributed by atoms with van der Waals surface area (Å²) in [6.07, 6.45) is 0. The second-order valence-corrected chi connectivity index (χ2v) is 4.49. The molecule has 0 spiro atoms. The second kappa shape index (κ2) is 5.98. The third-order valence-corrected chi connectivity index (χ3v) is 2.79. The third-order valence-electron chi connectivity index (χ3n) is 2.30. The first kappa shape index (κ1) is 13.2. The molecule has 0 saturated heterocycles. The van der Waals surface area contributed by atoms with Crippen LogP contribution in [0.5, 0.6) is 0 Å². The number of aryl methyl sites for hydroxylation is 1. The molecule has 1 rings (SSSR count). The van der Waals surface area contributed by atoms with Crippen molar-refractivity contribution in [1.82, 2.24) is 5.32 Å². The van der Waals surface area contributed by atoms with E-state index in [-0.39, 0.29) is 12.5 Å². The van der Waals surface area contributed by atoms with Gasteiger partial charge in [0.1, 0.15) is 6.04 Å². The standard InChI is InChI=1S/C11H15BrN2O2/c1-7-2-3-9(12)4-8(7)5-14-11(16)10(13)6-15/h2-4,10,15H,5-6,13H2,1H3,(H,14,16). The van der Waals surface area contributed by atoms with Crippen molar-refractivity contribution in [2.24, 2.45) is 5.73 Å². The van der Waals surface area contributed by atoms with Gasteiger partial charge in [-0.25, -0.2) is 0 Å². The van der Waals surface area contributed by atoms with Gasteiger partial charge in [0.15, 0.2) is 0 Å². The molecule has 0 bridgehead atoms. The predicted octanol–water partition coefficient (Wildman–Crippen LogP) is 0.693. The topological polar surface area (TPSA) is 75.4 Å². The van der Waals surface area contributed by atoms with Gasteiger partial charge in [-0.05, 0) is 30.2 Å². The molecule has 5 heteroatoms. The van der Waals surface area contributed by atoms with Crippen molar-refractivity contribution in [2.75, 3.05) is 6.61 Å². The normalized spacial score (nSPS) is 12.2. The van der Waals surface area contributed by atoms with Gasteiger partial charge >= 0.3 is 0 Å². The first-order chi connectivity index (χ1) is 7.54. The van der Waals surface area contributed by atoms with Gasteiger partial charge in [0.2, 0.25) is 5.91 Å². The minimum atomic E-state index is -0.854. The van der Waals surface area contributed by atoms with E-state index in [0.717, 1.165) is 15.6 Å². The Hall–Kier alpha value is -0.910. The lowest BCUT2D eigenvalue weighted by molar-refractivity contribution is -0.123. The summed E-state index contributed by atoms with van der Waals surface area (Å²) in [6, 6.07) is 5.00. The fourth-order valence-corrected chi connectivity index (χ4v) is 1.64. The van der Waals surface area contributed by atoms with Crippen LogP contribution in [0.25, 0.3) is 0 Å². The van der Waals surface area contributed by atoms with Gasteiger partial charge in [0.05, 0.1) is 6.61 Å². The SMILES string of the molecule is Cc1ccc(Br)cc1CNC(=O)C(N)CO. The Kier molecular flexibility index (Phi) is 4.92. The number of carbonyl (C=O) groups is 1. The highest BCUT2D eigenvalue weighted by atomic mass is 79.9. The number of amides is 1. The van der Waals surface area contributed by atoms with Crippen LogP contribution in [0.2, 0.25) is 0 Å². The van der Waals surface area contributed by atoms with Gasteiger partial charge in [-0.3, -0.25) is 4.79 Å². The first-order valence-electron chi connectivity index (χ1n) is 4.93. The number of aliphatic hydroxyl groups is 1. The zero-order valence-corrected chi connectivity index (χ0v) is 10.6. The Balaban J connectivity index is 2.61. The average molecular weight is 287 g/mol. The Morgan fingerprint density at radius 2 is 2.31 bits per heavy atom. The number of hydrogen-bond acceptors (Lipinski definition) is 3. The van der Waals surface area contributed by atoms with Crippen LogP contribution >= 0.6 is 15.9 Å². The van der Waals surface area contributed by atoms with E-state index in [0.29, 0.717) is 6.54 Å². The summed E-state index contributed by atoms with van der Waals surface area (Å²) in [4.78, 5) is 11.3. The molecule has 88 valence electrons. The fraction of sp³-hybridized carbons (Fsp3) is 0.364. The monoisotopic (exact) mass is 286 g/mol. The molecule has 0 fully saturated rings. The molecule has 0 aliphatic heterocycles. The molecular formula is C11H15BrN2O2. The minimum absolute atomic E-state index is 0.344. The van der Waals surface area contributed by atoms with E-state index in [1.54, 1.807) is 0 Å². The summed E-state index contributed by atoms with van der Waals surface area (Å²) < 4.78 is 0.966. The highest BCUT2D eigenvalue weighted by molar-refractivity contribution is 9.10. The van der Waals surface area contributed by atoms with Crippen LogP contribution in [0, 0.1) is 6.92 Å². The first-order valence-corrected chi connectivity index (χ1v) is 5.73. The van der Waals surface area contributed by atoms with Gasteiger partial charge in [0.25, 0.3) is 0 Å². The van der Waals surface area contributed by atoms with Crippen LogP contribution in [-0.4, -0.2) is 23.7 Å². The molecule has 1 atom stereocenters. The summed E-state index contributed by atoms with van der Waals surface area (Å²) in [5.41, 5.74) is 7.50. The Bertz CT molecular complexity index is 382. The molecule has 1 aromatic rings. The maximum Gasteiger partial charge on any atom is 0.239 e. The summed E-state index contributed by atoms with van der Waals surface area (Å²) in [5, 5.41) is 11.4. The number of carbonyl (C=O) groups excluding carboxylic acids is 1. The number of aliphatic hydroxyl groups excluding tert-OH is 1. The lowest BCUT2D eigenvalue weighted by atomic mass is 10.1. The lowest BCUT2D eigenvalue weighted by Crippen LogP contribution is -2.42. The molecule has 0 heterocycles. The zero-order valence-electron chi connectivity index (χ0n) is 9.03. The fourth-order valence-electron chi connectivity index (χ4n) is 1.23. The number of nitrogens with two attached hydrogens (primary N) is 1. The number of rotatable bonds is 4. The summed E-state index contributed by atoms with van der Waals surface area (Å²) in [5.74, 6) is -0.345. The van der Waals surface area contributed by atoms with Gasteiger partial charge < -0.3 is 16.2 Å². The molecule has 1 amide bonds. The summed E-state index contributed by atoms with van der Waals surface area (Å²) in [7, 11) is 0. The molecule has 16 heavy (non-hydrogen) atoms. The lowest BCUT2D eigenvalue weighted by Gasteiger charge is -2.11. The molecule has 0 saturated carbocycles. The maximum atomic E-state index is 11.3. The highest BCUT2D eigenvalue weighted by Gasteiger charge is 2.11. The number of hydrogen-bond donors (Lipinski definition) is 3. The van der Waals surface area contributed by atoms with Gasteiger partial charge in [-0.2, -0.15) is 0 Å². The van der Waals surface area contributed by atoms with Crippen LogP contribution in [-0.2, 0) is 11.3 Å². The van der Waals surface area contributed by atoms with Crippen LogP contribution in [0.3, 0.4) is 0 Å². The van der Waals surface area contributed by atoms with E-state index < -0.39 is 6.04 Å². The average Bonchev–Trinajstić information content (AvgIpc) is 2.28. The van der Waals surface area contributed by atoms with E-state index in [1.807, 2.05) is 25.1 Å². The molecule has 0 radical (unpaired) electrons. The van der Waals surface area contributed by atoms with E-state index in [4.69, 9.17) is 10.8 Å². The van der Waals surface area contributed by atoms with Crippen molar-refractivity contribution < 1.29 is 9.90 Å². The van der Waals surface area contributed by atoms with E-state index >= 15 is 0 Å².